The van der Waals surface area contributed by atoms with E-state index in [1.807, 2.05) is 25.1 Å². The maximum absolute atomic E-state index is 13.6. The molecule has 0 saturated heterocycles. The van der Waals surface area contributed by atoms with Crippen LogP contribution in [0.4, 0.5) is 21.5 Å². The van der Waals surface area contributed by atoms with Crippen molar-refractivity contribution in [3.05, 3.63) is 47.8 Å². The van der Waals surface area contributed by atoms with E-state index >= 15 is 0 Å². The maximum Gasteiger partial charge on any atom is 0.148 e. The van der Waals surface area contributed by atoms with Crippen LogP contribution in [0.15, 0.2) is 36.4 Å². The van der Waals surface area contributed by atoms with Crippen molar-refractivity contribution in [1.29, 1.82) is 0 Å². The fraction of sp³-hybridized carbons (Fsp3) is 0.143. The fourth-order valence-electron chi connectivity index (χ4n) is 1.74. The number of nitrogens with two attached hydrogens (primary N) is 1. The Bertz CT molecular complexity index is 570. The number of hydrogen-bond donors (Lipinski definition) is 2. The molecule has 2 rings (SSSR count). The molecule has 0 aliphatic carbocycles. The Balaban J connectivity index is 2.26. The minimum Gasteiger partial charge on any atom is -0.496 e. The first-order valence-electron chi connectivity index (χ1n) is 5.57. The van der Waals surface area contributed by atoms with Crippen LogP contribution in [0.5, 0.6) is 5.75 Å². The molecule has 0 bridgehead atoms. The van der Waals surface area contributed by atoms with Crippen LogP contribution in [0.1, 0.15) is 5.56 Å². The molecule has 0 fully saturated rings. The van der Waals surface area contributed by atoms with E-state index in [1.165, 1.54) is 6.07 Å². The molecule has 0 saturated carbocycles. The van der Waals surface area contributed by atoms with E-state index < -0.39 is 0 Å². The normalized spacial score (nSPS) is 10.2. The summed E-state index contributed by atoms with van der Waals surface area (Å²) in [6.07, 6.45) is 0. The number of nitrogen functional groups attached to an aromatic ring is 1. The number of nitrogens with one attached hydrogen (secondary N) is 1. The Hall–Kier alpha value is -2.23. The molecular formula is C14H15FN2O. The first kappa shape index (κ1) is 12.2. The maximum atomic E-state index is 13.6. The third kappa shape index (κ3) is 2.53. The van der Waals surface area contributed by atoms with Crippen LogP contribution < -0.4 is 15.8 Å². The predicted molar refractivity (Wildman–Crippen MR) is 71.8 cm³/mol. The summed E-state index contributed by atoms with van der Waals surface area (Å²) in [5.74, 6) is 0.432. The highest BCUT2D eigenvalue weighted by Crippen LogP contribution is 2.26. The van der Waals surface area contributed by atoms with Crippen LogP contribution in [-0.2, 0) is 0 Å². The minimum atomic E-state index is -0.372. The number of methoxy groups -OCH3 is 1. The Morgan fingerprint density at radius 3 is 2.56 bits per heavy atom. The zero-order chi connectivity index (χ0) is 13.1. The average Bonchev–Trinajstić information content (AvgIpc) is 2.33. The summed E-state index contributed by atoms with van der Waals surface area (Å²) in [4.78, 5) is 0. The highest BCUT2D eigenvalue weighted by atomic mass is 19.1. The molecular weight excluding hydrogens is 231 g/mol. The minimum absolute atomic E-state index is 0.372. The van der Waals surface area contributed by atoms with Gasteiger partial charge in [0.2, 0.25) is 0 Å². The fourth-order valence-corrected chi connectivity index (χ4v) is 1.74. The van der Waals surface area contributed by atoms with Crippen molar-refractivity contribution in [2.45, 2.75) is 6.92 Å². The largest absolute Gasteiger partial charge is 0.496 e. The Morgan fingerprint density at radius 2 is 1.94 bits per heavy atom. The SMILES string of the molecule is COc1ccc(Nc2ccc(N)cc2F)cc1C. The van der Waals surface area contributed by atoms with E-state index in [0.29, 0.717) is 11.4 Å². The smallest absolute Gasteiger partial charge is 0.148 e. The van der Waals surface area contributed by atoms with Crippen LogP contribution in [0, 0.1) is 12.7 Å². The molecule has 0 radical (unpaired) electrons. The standard InChI is InChI=1S/C14H15FN2O/c1-9-7-11(4-6-14(9)18-2)17-13-5-3-10(16)8-12(13)15/h3-8,17H,16H2,1-2H3. The van der Waals surface area contributed by atoms with Gasteiger partial charge in [0.1, 0.15) is 11.6 Å². The monoisotopic (exact) mass is 246 g/mol. The highest BCUT2D eigenvalue weighted by Gasteiger charge is 2.04. The molecule has 94 valence electrons. The number of rotatable bonds is 3. The van der Waals surface area contributed by atoms with Gasteiger partial charge in [-0.3, -0.25) is 0 Å². The van der Waals surface area contributed by atoms with Gasteiger partial charge in [0.05, 0.1) is 12.8 Å². The van der Waals surface area contributed by atoms with Gasteiger partial charge in [-0.25, -0.2) is 4.39 Å². The van der Waals surface area contributed by atoms with Crippen molar-refractivity contribution >= 4 is 17.1 Å². The van der Waals surface area contributed by atoms with E-state index in [1.54, 1.807) is 19.2 Å². The van der Waals surface area contributed by atoms with Crippen molar-refractivity contribution in [3.63, 3.8) is 0 Å². The average molecular weight is 246 g/mol. The van der Waals surface area contributed by atoms with Gasteiger partial charge in [-0.15, -0.1) is 0 Å². The van der Waals surface area contributed by atoms with Crippen LogP contribution in [0.2, 0.25) is 0 Å². The number of aryl methyl sites for hydroxylation is 1. The molecule has 0 amide bonds. The van der Waals surface area contributed by atoms with Crippen LogP contribution >= 0.6 is 0 Å². The quantitative estimate of drug-likeness (QED) is 0.815. The lowest BCUT2D eigenvalue weighted by Gasteiger charge is -2.10. The zero-order valence-corrected chi connectivity index (χ0v) is 10.3. The van der Waals surface area contributed by atoms with Gasteiger partial charge in [0.15, 0.2) is 0 Å². The second-order valence-electron chi connectivity index (χ2n) is 4.05. The summed E-state index contributed by atoms with van der Waals surface area (Å²) in [6, 6.07) is 10.1. The van der Waals surface area contributed by atoms with Crippen molar-refractivity contribution in [2.24, 2.45) is 0 Å². The lowest BCUT2D eigenvalue weighted by Crippen LogP contribution is -1.96. The van der Waals surface area contributed by atoms with Gasteiger partial charge in [0, 0.05) is 11.4 Å². The highest BCUT2D eigenvalue weighted by molar-refractivity contribution is 5.64. The number of halogens is 1. The summed E-state index contributed by atoms with van der Waals surface area (Å²) in [5.41, 5.74) is 8.09. The van der Waals surface area contributed by atoms with Gasteiger partial charge in [0.25, 0.3) is 0 Å². The number of hydrogen-bond acceptors (Lipinski definition) is 3. The van der Waals surface area contributed by atoms with Gasteiger partial charge >= 0.3 is 0 Å². The Morgan fingerprint density at radius 1 is 1.17 bits per heavy atom. The molecule has 0 heterocycles. The molecule has 0 aliphatic rings. The molecule has 0 unspecified atom stereocenters. The van der Waals surface area contributed by atoms with Crippen LogP contribution in [0.25, 0.3) is 0 Å². The summed E-state index contributed by atoms with van der Waals surface area (Å²) >= 11 is 0. The molecule has 0 atom stereocenters. The Labute approximate surface area is 105 Å². The lowest BCUT2D eigenvalue weighted by atomic mass is 10.2. The van der Waals surface area contributed by atoms with E-state index in [2.05, 4.69) is 5.32 Å². The molecule has 3 nitrogen and oxygen atoms in total. The van der Waals surface area contributed by atoms with Crippen LogP contribution in [0.3, 0.4) is 0 Å². The molecule has 0 aromatic heterocycles. The second kappa shape index (κ2) is 4.96. The van der Waals surface area contributed by atoms with E-state index in [4.69, 9.17) is 10.5 Å². The third-order valence-corrected chi connectivity index (χ3v) is 2.67. The molecule has 0 spiro atoms. The lowest BCUT2D eigenvalue weighted by molar-refractivity contribution is 0.412. The zero-order valence-electron chi connectivity index (χ0n) is 10.3. The third-order valence-electron chi connectivity index (χ3n) is 2.67. The summed E-state index contributed by atoms with van der Waals surface area (Å²) in [7, 11) is 1.62. The summed E-state index contributed by atoms with van der Waals surface area (Å²) in [6.45, 7) is 1.93. The van der Waals surface area contributed by atoms with Crippen molar-refractivity contribution in [1.82, 2.24) is 0 Å². The molecule has 2 aromatic carbocycles. The molecule has 0 aliphatic heterocycles. The second-order valence-corrected chi connectivity index (χ2v) is 4.05. The van der Waals surface area contributed by atoms with E-state index in [-0.39, 0.29) is 5.82 Å². The molecule has 2 aromatic rings. The number of anilines is 3. The molecule has 4 heteroatoms. The summed E-state index contributed by atoms with van der Waals surface area (Å²) < 4.78 is 18.8. The van der Waals surface area contributed by atoms with E-state index in [0.717, 1.165) is 17.0 Å². The first-order valence-corrected chi connectivity index (χ1v) is 5.57. The van der Waals surface area contributed by atoms with Crippen molar-refractivity contribution < 1.29 is 9.13 Å². The van der Waals surface area contributed by atoms with Gasteiger partial charge in [-0.05, 0) is 48.9 Å². The van der Waals surface area contributed by atoms with Crippen molar-refractivity contribution in [2.75, 3.05) is 18.2 Å². The topological polar surface area (TPSA) is 47.3 Å². The van der Waals surface area contributed by atoms with E-state index in [9.17, 15) is 4.39 Å². The van der Waals surface area contributed by atoms with Gasteiger partial charge in [-0.2, -0.15) is 0 Å². The number of ether oxygens (including phenoxy) is 1. The first-order chi connectivity index (χ1) is 8.60. The Kier molecular flexibility index (Phi) is 3.37. The van der Waals surface area contributed by atoms with Gasteiger partial charge < -0.3 is 15.8 Å². The molecule has 18 heavy (non-hydrogen) atoms. The van der Waals surface area contributed by atoms with Gasteiger partial charge in [-0.1, -0.05) is 0 Å². The molecule has 3 N–H and O–H groups in total. The summed E-state index contributed by atoms with van der Waals surface area (Å²) in [5, 5.41) is 3.01. The number of benzene rings is 2. The van der Waals surface area contributed by atoms with Crippen molar-refractivity contribution in [3.8, 4) is 5.75 Å². The predicted octanol–water partition coefficient (Wildman–Crippen LogP) is 3.47. The van der Waals surface area contributed by atoms with Crippen LogP contribution in [-0.4, -0.2) is 7.11 Å².